The summed E-state index contributed by atoms with van der Waals surface area (Å²) in [7, 11) is 0. The van der Waals surface area contributed by atoms with Crippen molar-refractivity contribution in [1.82, 2.24) is 5.32 Å². The molecule has 1 atom stereocenters. The van der Waals surface area contributed by atoms with E-state index < -0.39 is 0 Å². The lowest BCUT2D eigenvalue weighted by Crippen LogP contribution is -2.28. The van der Waals surface area contributed by atoms with Crippen molar-refractivity contribution in [1.29, 1.82) is 0 Å². The smallest absolute Gasteiger partial charge is 0.0684 e. The lowest BCUT2D eigenvalue weighted by molar-refractivity contribution is 0.618. The van der Waals surface area contributed by atoms with E-state index in [4.69, 9.17) is 6.42 Å². The fourth-order valence-electron chi connectivity index (χ4n) is 1.24. The molecule has 0 aliphatic heterocycles. The fourth-order valence-corrected chi connectivity index (χ4v) is 2.05. The lowest BCUT2D eigenvalue weighted by atomic mass is 10.2. The number of thioether (sulfide) groups is 1. The minimum atomic E-state index is 0.223. The zero-order chi connectivity index (χ0) is 10.9. The molecular formula is C13H17NS. The number of hydrogen-bond donors (Lipinski definition) is 1. The molecule has 0 amide bonds. The summed E-state index contributed by atoms with van der Waals surface area (Å²) in [5.74, 6) is 3.79. The molecule has 80 valence electrons. The average Bonchev–Trinajstić information content (AvgIpc) is 2.31. The Morgan fingerprint density at radius 1 is 1.40 bits per heavy atom. The highest BCUT2D eigenvalue weighted by molar-refractivity contribution is 7.99. The maximum atomic E-state index is 5.36. The lowest BCUT2D eigenvalue weighted by Gasteiger charge is -2.09. The number of benzene rings is 1. The molecule has 0 aliphatic carbocycles. The van der Waals surface area contributed by atoms with Crippen molar-refractivity contribution in [2.45, 2.75) is 24.3 Å². The quantitative estimate of drug-likeness (QED) is 0.448. The van der Waals surface area contributed by atoms with E-state index in [1.807, 2.05) is 17.8 Å². The van der Waals surface area contributed by atoms with Crippen LogP contribution >= 0.6 is 11.8 Å². The van der Waals surface area contributed by atoms with Gasteiger partial charge in [0.1, 0.15) is 0 Å². The van der Waals surface area contributed by atoms with E-state index in [0.29, 0.717) is 0 Å². The second-order valence-corrected chi connectivity index (χ2v) is 4.41. The maximum absolute atomic E-state index is 5.36. The molecule has 1 aromatic carbocycles. The van der Waals surface area contributed by atoms with E-state index in [0.717, 1.165) is 18.7 Å². The van der Waals surface area contributed by atoms with Crippen molar-refractivity contribution in [3.05, 3.63) is 30.3 Å². The van der Waals surface area contributed by atoms with Gasteiger partial charge in [0, 0.05) is 17.2 Å². The third-order valence-electron chi connectivity index (χ3n) is 2.11. The summed E-state index contributed by atoms with van der Waals surface area (Å²) in [6, 6.07) is 10.6. The van der Waals surface area contributed by atoms with Gasteiger partial charge in [-0.3, -0.25) is 0 Å². The number of hydrogen-bond acceptors (Lipinski definition) is 2. The number of terminal acetylenes is 1. The van der Waals surface area contributed by atoms with Gasteiger partial charge < -0.3 is 5.32 Å². The number of nitrogens with one attached hydrogen (secondary N) is 1. The second-order valence-electron chi connectivity index (χ2n) is 3.24. The molecular weight excluding hydrogens is 202 g/mol. The topological polar surface area (TPSA) is 12.0 Å². The van der Waals surface area contributed by atoms with E-state index in [-0.39, 0.29) is 6.04 Å². The van der Waals surface area contributed by atoms with Gasteiger partial charge in [0.25, 0.3) is 0 Å². The van der Waals surface area contributed by atoms with Gasteiger partial charge >= 0.3 is 0 Å². The Morgan fingerprint density at radius 3 is 2.73 bits per heavy atom. The Hall–Kier alpha value is -0.910. The Balaban J connectivity index is 2.15. The minimum Gasteiger partial charge on any atom is -0.303 e. The van der Waals surface area contributed by atoms with Crippen LogP contribution in [-0.4, -0.2) is 18.3 Å². The first-order chi connectivity index (χ1) is 7.36. The van der Waals surface area contributed by atoms with Crippen molar-refractivity contribution in [2.24, 2.45) is 0 Å². The van der Waals surface area contributed by atoms with Gasteiger partial charge in [0.15, 0.2) is 0 Å². The molecule has 0 bridgehead atoms. The highest BCUT2D eigenvalue weighted by Crippen LogP contribution is 2.15. The van der Waals surface area contributed by atoms with Crippen molar-refractivity contribution in [3.63, 3.8) is 0 Å². The van der Waals surface area contributed by atoms with Gasteiger partial charge in [-0.1, -0.05) is 31.0 Å². The molecule has 0 aromatic heterocycles. The second kappa shape index (κ2) is 7.39. The highest BCUT2D eigenvalue weighted by Gasteiger charge is 1.99. The molecule has 0 fully saturated rings. The van der Waals surface area contributed by atoms with Crippen LogP contribution in [0.15, 0.2) is 35.2 Å². The zero-order valence-electron chi connectivity index (χ0n) is 9.07. The molecule has 1 unspecified atom stereocenters. The molecule has 15 heavy (non-hydrogen) atoms. The third-order valence-corrected chi connectivity index (χ3v) is 3.13. The van der Waals surface area contributed by atoms with Crippen molar-refractivity contribution in [2.75, 3.05) is 12.3 Å². The van der Waals surface area contributed by atoms with Crippen LogP contribution in [0, 0.1) is 12.3 Å². The molecule has 0 saturated carbocycles. The monoisotopic (exact) mass is 219 g/mol. The minimum absolute atomic E-state index is 0.223. The predicted octanol–water partition coefficient (Wildman–Crippen LogP) is 2.78. The summed E-state index contributed by atoms with van der Waals surface area (Å²) in [5, 5.41) is 3.33. The first-order valence-electron chi connectivity index (χ1n) is 5.24. The van der Waals surface area contributed by atoms with Gasteiger partial charge in [0.05, 0.1) is 6.04 Å². The van der Waals surface area contributed by atoms with Crippen LogP contribution < -0.4 is 5.32 Å². The molecule has 1 nitrogen and oxygen atoms in total. The molecule has 0 aliphatic rings. The summed E-state index contributed by atoms with van der Waals surface area (Å²) in [6.45, 7) is 3.06. The van der Waals surface area contributed by atoms with Crippen LogP contribution in [0.1, 0.15) is 13.3 Å². The summed E-state index contributed by atoms with van der Waals surface area (Å²) in [4.78, 5) is 1.31. The van der Waals surface area contributed by atoms with Crippen LogP contribution in [0.25, 0.3) is 0 Å². The van der Waals surface area contributed by atoms with Gasteiger partial charge in [-0.15, -0.1) is 18.2 Å². The Labute approximate surface area is 96.7 Å². The maximum Gasteiger partial charge on any atom is 0.0684 e. The van der Waals surface area contributed by atoms with E-state index in [9.17, 15) is 0 Å². The van der Waals surface area contributed by atoms with Gasteiger partial charge in [0.2, 0.25) is 0 Å². The summed E-state index contributed by atoms with van der Waals surface area (Å²) >= 11 is 1.85. The normalized spacial score (nSPS) is 12.0. The van der Waals surface area contributed by atoms with Crippen LogP contribution in [0.5, 0.6) is 0 Å². The molecule has 0 spiro atoms. The van der Waals surface area contributed by atoms with Crippen molar-refractivity contribution in [3.8, 4) is 12.3 Å². The van der Waals surface area contributed by atoms with Gasteiger partial charge in [-0.25, -0.2) is 0 Å². The van der Waals surface area contributed by atoms with E-state index in [2.05, 4.69) is 42.4 Å². The molecule has 0 saturated heterocycles. The van der Waals surface area contributed by atoms with Crippen LogP contribution in [0.2, 0.25) is 0 Å². The fraction of sp³-hybridized carbons (Fsp3) is 0.385. The van der Waals surface area contributed by atoms with Crippen LogP contribution in [0.3, 0.4) is 0 Å². The van der Waals surface area contributed by atoms with E-state index in [1.165, 1.54) is 4.90 Å². The molecule has 1 rings (SSSR count). The van der Waals surface area contributed by atoms with Crippen LogP contribution in [-0.2, 0) is 0 Å². The van der Waals surface area contributed by atoms with E-state index >= 15 is 0 Å². The van der Waals surface area contributed by atoms with Crippen molar-refractivity contribution >= 4 is 11.8 Å². The zero-order valence-corrected chi connectivity index (χ0v) is 9.89. The SMILES string of the molecule is C#CC(CC)NCCSc1ccccc1. The highest BCUT2D eigenvalue weighted by atomic mass is 32.2. The molecule has 1 aromatic rings. The summed E-state index contributed by atoms with van der Waals surface area (Å²) in [6.07, 6.45) is 6.35. The van der Waals surface area contributed by atoms with Gasteiger partial charge in [-0.05, 0) is 18.6 Å². The molecule has 1 N–H and O–H groups in total. The largest absolute Gasteiger partial charge is 0.303 e. The number of rotatable bonds is 6. The summed E-state index contributed by atoms with van der Waals surface area (Å²) in [5.41, 5.74) is 0. The van der Waals surface area contributed by atoms with Crippen molar-refractivity contribution < 1.29 is 0 Å². The standard InChI is InChI=1S/C13H17NS/c1-3-12(4-2)14-10-11-15-13-8-6-5-7-9-13/h1,5-9,12,14H,4,10-11H2,2H3. The molecule has 0 radical (unpaired) electrons. The third kappa shape index (κ3) is 4.92. The van der Waals surface area contributed by atoms with Crippen LogP contribution in [0.4, 0.5) is 0 Å². The Kier molecular flexibility index (Phi) is 5.99. The predicted molar refractivity (Wildman–Crippen MR) is 68.1 cm³/mol. The first-order valence-corrected chi connectivity index (χ1v) is 6.22. The first kappa shape index (κ1) is 12.2. The Bertz CT molecular complexity index is 302. The summed E-state index contributed by atoms with van der Waals surface area (Å²) < 4.78 is 0. The van der Waals surface area contributed by atoms with E-state index in [1.54, 1.807) is 0 Å². The Morgan fingerprint density at radius 2 is 2.13 bits per heavy atom. The molecule has 2 heteroatoms. The van der Waals surface area contributed by atoms with Gasteiger partial charge in [-0.2, -0.15) is 0 Å². The molecule has 0 heterocycles. The average molecular weight is 219 g/mol.